The highest BCUT2D eigenvalue weighted by atomic mass is 127. The van der Waals surface area contributed by atoms with E-state index in [9.17, 15) is 5.11 Å². The van der Waals surface area contributed by atoms with Crippen LogP contribution in [0.2, 0.25) is 0 Å². The van der Waals surface area contributed by atoms with Crippen LogP contribution in [0, 0.1) is 0 Å². The Morgan fingerprint density at radius 3 is 2.69 bits per heavy atom. The lowest BCUT2D eigenvalue weighted by molar-refractivity contribution is 0.369. The van der Waals surface area contributed by atoms with Gasteiger partial charge < -0.3 is 24.6 Å². The third-order valence-electron chi connectivity index (χ3n) is 4.72. The van der Waals surface area contributed by atoms with Crippen LogP contribution in [0.25, 0.3) is 10.8 Å². The minimum Gasteiger partial charge on any atom is -0.506 e. The van der Waals surface area contributed by atoms with Crippen molar-refractivity contribution >= 4 is 47.0 Å². The van der Waals surface area contributed by atoms with Crippen molar-refractivity contribution in [2.75, 3.05) is 38.1 Å². The molecule has 0 saturated carbocycles. The average Bonchev–Trinajstić information content (AvgIpc) is 3.41. The largest absolute Gasteiger partial charge is 0.506 e. The zero-order chi connectivity index (χ0) is 19.3. The van der Waals surface area contributed by atoms with E-state index in [1.54, 1.807) is 30.7 Å². The molecule has 0 bridgehead atoms. The summed E-state index contributed by atoms with van der Waals surface area (Å²) in [4.78, 5) is 14.4. The SMILES string of the molecule is CN=C(NCc1coc(-c2cccs2)n1)N1CCN(c2ccccc2O)CC1.I. The van der Waals surface area contributed by atoms with Gasteiger partial charge in [0.25, 0.3) is 0 Å². The molecule has 2 N–H and O–H groups in total. The van der Waals surface area contributed by atoms with Crippen molar-refractivity contribution in [3.63, 3.8) is 0 Å². The van der Waals surface area contributed by atoms with Gasteiger partial charge in [-0.2, -0.15) is 0 Å². The number of benzene rings is 1. The minimum atomic E-state index is 0. The molecule has 1 fully saturated rings. The molecule has 1 aliphatic rings. The molecular formula is C20H24IN5O2S. The number of phenolic OH excluding ortho intramolecular Hbond substituents is 1. The smallest absolute Gasteiger partial charge is 0.236 e. The van der Waals surface area contributed by atoms with E-state index in [4.69, 9.17) is 4.42 Å². The molecule has 0 amide bonds. The molecule has 154 valence electrons. The molecule has 0 unspecified atom stereocenters. The molecule has 1 aliphatic heterocycles. The number of nitrogens with zero attached hydrogens (tertiary/aromatic N) is 4. The topological polar surface area (TPSA) is 77.1 Å². The van der Waals surface area contributed by atoms with Crippen molar-refractivity contribution in [1.29, 1.82) is 0 Å². The maximum atomic E-state index is 10.1. The molecule has 4 rings (SSSR count). The van der Waals surface area contributed by atoms with Crippen LogP contribution in [0.15, 0.2) is 57.5 Å². The van der Waals surface area contributed by atoms with Gasteiger partial charge in [-0.1, -0.05) is 18.2 Å². The van der Waals surface area contributed by atoms with Crippen LogP contribution in [0.1, 0.15) is 5.69 Å². The number of aliphatic imine (C=N–C) groups is 1. The molecule has 29 heavy (non-hydrogen) atoms. The molecule has 7 nitrogen and oxygen atoms in total. The third kappa shape index (κ3) is 5.02. The third-order valence-corrected chi connectivity index (χ3v) is 5.58. The number of anilines is 1. The number of thiophene rings is 1. The first-order valence-corrected chi connectivity index (χ1v) is 10.1. The Labute approximate surface area is 191 Å². The highest BCUT2D eigenvalue weighted by Crippen LogP contribution is 2.27. The van der Waals surface area contributed by atoms with Crippen LogP contribution < -0.4 is 10.2 Å². The predicted molar refractivity (Wildman–Crippen MR) is 127 cm³/mol. The summed E-state index contributed by atoms with van der Waals surface area (Å²) >= 11 is 1.61. The predicted octanol–water partition coefficient (Wildman–Crippen LogP) is 3.62. The van der Waals surface area contributed by atoms with Gasteiger partial charge in [-0.05, 0) is 23.6 Å². The van der Waals surface area contributed by atoms with Gasteiger partial charge in [0, 0.05) is 33.2 Å². The minimum absolute atomic E-state index is 0. The van der Waals surface area contributed by atoms with Crippen LogP contribution in [0.3, 0.4) is 0 Å². The number of halogens is 1. The standard InChI is InChI=1S/C20H23N5O2S.HI/c1-21-20(22-13-15-14-27-19(23-15)18-7-4-12-28-18)25-10-8-24(9-11-25)16-5-2-3-6-17(16)26;/h2-7,12,14,26H,8-11,13H2,1H3,(H,21,22);1H. The summed E-state index contributed by atoms with van der Waals surface area (Å²) in [6, 6.07) is 11.5. The van der Waals surface area contributed by atoms with E-state index >= 15 is 0 Å². The summed E-state index contributed by atoms with van der Waals surface area (Å²) in [6.45, 7) is 3.86. The maximum absolute atomic E-state index is 10.1. The Hall–Kier alpha value is -2.27. The molecule has 1 saturated heterocycles. The first kappa shape index (κ1) is 21.4. The number of piperazine rings is 1. The first-order valence-electron chi connectivity index (χ1n) is 9.21. The number of nitrogens with one attached hydrogen (secondary N) is 1. The second kappa shape index (κ2) is 9.97. The monoisotopic (exact) mass is 525 g/mol. The second-order valence-electron chi connectivity index (χ2n) is 6.48. The number of guanidine groups is 1. The van der Waals surface area contributed by atoms with Crippen LogP contribution in [-0.4, -0.2) is 54.2 Å². The quantitative estimate of drug-likeness (QED) is 0.308. The number of phenols is 1. The Bertz CT molecular complexity index is 936. The summed E-state index contributed by atoms with van der Waals surface area (Å²) < 4.78 is 5.57. The van der Waals surface area contributed by atoms with E-state index in [1.807, 2.05) is 35.7 Å². The van der Waals surface area contributed by atoms with Crippen LogP contribution >= 0.6 is 35.3 Å². The van der Waals surface area contributed by atoms with E-state index < -0.39 is 0 Å². The summed E-state index contributed by atoms with van der Waals surface area (Å²) in [7, 11) is 1.79. The molecule has 3 aromatic rings. The van der Waals surface area contributed by atoms with Crippen molar-refractivity contribution in [2.24, 2.45) is 4.99 Å². The average molecular weight is 525 g/mol. The Morgan fingerprint density at radius 1 is 1.21 bits per heavy atom. The van der Waals surface area contributed by atoms with Gasteiger partial charge in [-0.15, -0.1) is 35.3 Å². The molecule has 0 atom stereocenters. The number of para-hydroxylation sites is 2. The lowest BCUT2D eigenvalue weighted by Gasteiger charge is -2.37. The van der Waals surface area contributed by atoms with Crippen LogP contribution in [0.5, 0.6) is 5.75 Å². The van der Waals surface area contributed by atoms with Gasteiger partial charge in [-0.3, -0.25) is 4.99 Å². The molecule has 0 radical (unpaired) electrons. The molecule has 0 aliphatic carbocycles. The van der Waals surface area contributed by atoms with Crippen LogP contribution in [0.4, 0.5) is 5.69 Å². The number of hydrogen-bond acceptors (Lipinski definition) is 6. The van der Waals surface area contributed by atoms with E-state index in [0.717, 1.165) is 48.4 Å². The lowest BCUT2D eigenvalue weighted by atomic mass is 10.2. The number of rotatable bonds is 4. The summed E-state index contributed by atoms with van der Waals surface area (Å²) in [5.74, 6) is 1.82. The summed E-state index contributed by atoms with van der Waals surface area (Å²) in [6.07, 6.45) is 1.69. The van der Waals surface area contributed by atoms with E-state index in [2.05, 4.69) is 25.1 Å². The summed E-state index contributed by atoms with van der Waals surface area (Å²) in [5.41, 5.74) is 1.73. The highest BCUT2D eigenvalue weighted by Gasteiger charge is 2.21. The number of hydrogen-bond donors (Lipinski definition) is 2. The van der Waals surface area contributed by atoms with Crippen molar-refractivity contribution in [3.8, 4) is 16.5 Å². The maximum Gasteiger partial charge on any atom is 0.236 e. The number of aromatic hydroxyl groups is 1. The normalized spacial score (nSPS) is 14.6. The Balaban J connectivity index is 0.00000240. The summed E-state index contributed by atoms with van der Waals surface area (Å²) in [5, 5.41) is 15.4. The van der Waals surface area contributed by atoms with Gasteiger partial charge >= 0.3 is 0 Å². The van der Waals surface area contributed by atoms with Crippen molar-refractivity contribution in [2.45, 2.75) is 6.54 Å². The molecule has 9 heteroatoms. The fraction of sp³-hybridized carbons (Fsp3) is 0.300. The molecule has 3 heterocycles. The van der Waals surface area contributed by atoms with Crippen molar-refractivity contribution < 1.29 is 9.52 Å². The van der Waals surface area contributed by atoms with Gasteiger partial charge in [0.15, 0.2) is 5.96 Å². The molecule has 2 aromatic heterocycles. The van der Waals surface area contributed by atoms with E-state index in [1.165, 1.54) is 0 Å². The molecule has 0 spiro atoms. The molecular weight excluding hydrogens is 501 g/mol. The van der Waals surface area contributed by atoms with Gasteiger partial charge in [0.2, 0.25) is 5.89 Å². The van der Waals surface area contributed by atoms with Gasteiger partial charge in [0.05, 0.1) is 22.8 Å². The number of oxazole rings is 1. The zero-order valence-electron chi connectivity index (χ0n) is 16.1. The second-order valence-corrected chi connectivity index (χ2v) is 7.43. The Kier molecular flexibility index (Phi) is 7.37. The van der Waals surface area contributed by atoms with E-state index in [-0.39, 0.29) is 24.0 Å². The van der Waals surface area contributed by atoms with Crippen molar-refractivity contribution in [3.05, 3.63) is 53.7 Å². The highest BCUT2D eigenvalue weighted by molar-refractivity contribution is 14.0. The zero-order valence-corrected chi connectivity index (χ0v) is 19.3. The van der Waals surface area contributed by atoms with Gasteiger partial charge in [-0.25, -0.2) is 4.98 Å². The van der Waals surface area contributed by atoms with Crippen molar-refractivity contribution in [1.82, 2.24) is 15.2 Å². The van der Waals surface area contributed by atoms with Gasteiger partial charge in [0.1, 0.15) is 12.0 Å². The lowest BCUT2D eigenvalue weighted by Crippen LogP contribution is -2.52. The first-order chi connectivity index (χ1) is 13.7. The molecule has 1 aromatic carbocycles. The fourth-order valence-electron chi connectivity index (χ4n) is 3.29. The van der Waals surface area contributed by atoms with E-state index in [0.29, 0.717) is 18.2 Å². The number of aromatic nitrogens is 1. The fourth-order valence-corrected chi connectivity index (χ4v) is 3.95. The van der Waals surface area contributed by atoms with Crippen LogP contribution in [-0.2, 0) is 6.54 Å². The Morgan fingerprint density at radius 2 is 2.00 bits per heavy atom.